The lowest BCUT2D eigenvalue weighted by atomic mass is 10.1. The van der Waals surface area contributed by atoms with Crippen molar-refractivity contribution in [1.82, 2.24) is 4.98 Å². The summed E-state index contributed by atoms with van der Waals surface area (Å²) in [5.74, 6) is -1.14. The van der Waals surface area contributed by atoms with Crippen molar-refractivity contribution >= 4 is 17.6 Å². The van der Waals surface area contributed by atoms with Crippen molar-refractivity contribution in [1.29, 1.82) is 0 Å². The molecule has 116 valence electrons. The number of halogens is 2. The normalized spacial score (nSPS) is 10.4. The van der Waals surface area contributed by atoms with Gasteiger partial charge < -0.3 is 14.6 Å². The summed E-state index contributed by atoms with van der Waals surface area (Å²) in [6.45, 7) is 1.70. The van der Waals surface area contributed by atoms with Crippen molar-refractivity contribution in [3.05, 3.63) is 52.1 Å². The fourth-order valence-corrected chi connectivity index (χ4v) is 1.92. The molecule has 0 bridgehead atoms. The maximum absolute atomic E-state index is 13.1. The summed E-state index contributed by atoms with van der Waals surface area (Å²) in [6, 6.07) is 3.98. The summed E-state index contributed by atoms with van der Waals surface area (Å²) < 4.78 is 23.1. The lowest BCUT2D eigenvalue weighted by Gasteiger charge is -2.11. The molecule has 22 heavy (non-hydrogen) atoms. The maximum atomic E-state index is 13.1. The average molecular weight is 326 g/mol. The fraction of sp³-hybridized carbons (Fsp3) is 0.200. The van der Waals surface area contributed by atoms with Crippen LogP contribution >= 0.6 is 11.6 Å². The van der Waals surface area contributed by atoms with Gasteiger partial charge in [-0.05, 0) is 19.1 Å². The number of esters is 1. The number of nitrogens with zero attached hydrogens (tertiary/aromatic N) is 1. The van der Waals surface area contributed by atoms with Crippen LogP contribution in [0, 0.1) is 12.7 Å². The number of methoxy groups -OCH3 is 1. The number of hydrogen-bond acceptors (Lipinski definition) is 5. The second-order valence-corrected chi connectivity index (χ2v) is 4.87. The Balaban J connectivity index is 2.18. The molecule has 0 saturated carbocycles. The standard InChI is InChI=1S/C15H13ClFNO4/c1-8-9(6-18-13(14(8)19)15(20)21-2)7-22-10-3-4-12(17)11(16)5-10/h3-6,19H,7H2,1-2H3. The molecule has 0 unspecified atom stereocenters. The number of benzene rings is 1. The van der Waals surface area contributed by atoms with Crippen molar-refractivity contribution < 1.29 is 23.8 Å². The first-order chi connectivity index (χ1) is 10.4. The quantitative estimate of drug-likeness (QED) is 0.874. The van der Waals surface area contributed by atoms with Gasteiger partial charge in [0.1, 0.15) is 18.2 Å². The highest BCUT2D eigenvalue weighted by Gasteiger charge is 2.17. The van der Waals surface area contributed by atoms with Gasteiger partial charge in [-0.3, -0.25) is 0 Å². The van der Waals surface area contributed by atoms with E-state index in [1.54, 1.807) is 6.92 Å². The predicted molar refractivity (Wildman–Crippen MR) is 77.7 cm³/mol. The van der Waals surface area contributed by atoms with Crippen LogP contribution in [0.4, 0.5) is 4.39 Å². The summed E-state index contributed by atoms with van der Waals surface area (Å²) in [7, 11) is 1.20. The van der Waals surface area contributed by atoms with Gasteiger partial charge in [-0.25, -0.2) is 14.2 Å². The Kier molecular flexibility index (Phi) is 4.82. The highest BCUT2D eigenvalue weighted by atomic mass is 35.5. The summed E-state index contributed by atoms with van der Waals surface area (Å²) in [5.41, 5.74) is 0.864. The number of hydrogen-bond donors (Lipinski definition) is 1. The molecular weight excluding hydrogens is 313 g/mol. The number of aromatic hydroxyl groups is 1. The largest absolute Gasteiger partial charge is 0.505 e. The molecule has 0 atom stereocenters. The van der Waals surface area contributed by atoms with Crippen LogP contribution in [0.2, 0.25) is 5.02 Å². The van der Waals surface area contributed by atoms with Crippen LogP contribution in [0.25, 0.3) is 0 Å². The van der Waals surface area contributed by atoms with Crippen LogP contribution in [-0.4, -0.2) is 23.2 Å². The van der Waals surface area contributed by atoms with E-state index in [1.165, 1.54) is 31.5 Å². The third-order valence-electron chi connectivity index (χ3n) is 3.07. The Morgan fingerprint density at radius 1 is 1.45 bits per heavy atom. The average Bonchev–Trinajstić information content (AvgIpc) is 2.51. The molecule has 0 aliphatic carbocycles. The van der Waals surface area contributed by atoms with E-state index >= 15 is 0 Å². The minimum absolute atomic E-state index is 0.0452. The molecule has 7 heteroatoms. The van der Waals surface area contributed by atoms with Gasteiger partial charge in [0.2, 0.25) is 0 Å². The summed E-state index contributed by atoms with van der Waals surface area (Å²) in [4.78, 5) is 15.3. The molecule has 1 N–H and O–H groups in total. The van der Waals surface area contributed by atoms with Crippen molar-refractivity contribution in [2.45, 2.75) is 13.5 Å². The molecule has 2 aromatic rings. The third kappa shape index (κ3) is 3.28. The Morgan fingerprint density at radius 3 is 2.82 bits per heavy atom. The van der Waals surface area contributed by atoms with Gasteiger partial charge in [0.15, 0.2) is 11.4 Å². The van der Waals surface area contributed by atoms with Gasteiger partial charge in [-0.1, -0.05) is 11.6 Å². The van der Waals surface area contributed by atoms with Gasteiger partial charge in [0.25, 0.3) is 0 Å². The number of carbonyl (C=O) groups excluding carboxylic acids is 1. The van der Waals surface area contributed by atoms with Gasteiger partial charge in [-0.15, -0.1) is 0 Å². The summed E-state index contributed by atoms with van der Waals surface area (Å²) in [6.07, 6.45) is 1.41. The SMILES string of the molecule is COC(=O)c1ncc(COc2ccc(F)c(Cl)c2)c(C)c1O. The molecule has 0 fully saturated rings. The zero-order valence-electron chi connectivity index (χ0n) is 11.9. The Bertz CT molecular complexity index is 721. The van der Waals surface area contributed by atoms with E-state index in [9.17, 15) is 14.3 Å². The van der Waals surface area contributed by atoms with E-state index < -0.39 is 11.8 Å². The second-order valence-electron chi connectivity index (χ2n) is 4.46. The molecule has 0 radical (unpaired) electrons. The first kappa shape index (κ1) is 16.0. The van der Waals surface area contributed by atoms with E-state index in [-0.39, 0.29) is 23.1 Å². The predicted octanol–water partition coefficient (Wildman–Crippen LogP) is 3.25. The number of pyridine rings is 1. The number of rotatable bonds is 4. The molecule has 1 aromatic heterocycles. The zero-order chi connectivity index (χ0) is 16.3. The van der Waals surface area contributed by atoms with E-state index in [4.69, 9.17) is 16.3 Å². The number of carbonyl (C=O) groups is 1. The lowest BCUT2D eigenvalue weighted by molar-refractivity contribution is 0.0590. The van der Waals surface area contributed by atoms with Gasteiger partial charge in [-0.2, -0.15) is 0 Å². The van der Waals surface area contributed by atoms with Gasteiger partial charge >= 0.3 is 5.97 Å². The number of aromatic nitrogens is 1. The topological polar surface area (TPSA) is 68.7 Å². The van der Waals surface area contributed by atoms with Crippen LogP contribution in [0.15, 0.2) is 24.4 Å². The van der Waals surface area contributed by atoms with Crippen molar-refractivity contribution in [3.8, 4) is 11.5 Å². The molecule has 0 amide bonds. The molecule has 0 aliphatic rings. The molecular formula is C15H13ClFNO4. The molecule has 0 aliphatic heterocycles. The lowest BCUT2D eigenvalue weighted by Crippen LogP contribution is -2.08. The van der Waals surface area contributed by atoms with Gasteiger partial charge in [0, 0.05) is 23.4 Å². The first-order valence-corrected chi connectivity index (χ1v) is 6.65. The monoisotopic (exact) mass is 325 g/mol. The van der Waals surface area contributed by atoms with Crippen molar-refractivity contribution in [2.24, 2.45) is 0 Å². The van der Waals surface area contributed by atoms with Gasteiger partial charge in [0.05, 0.1) is 12.1 Å². The van der Waals surface area contributed by atoms with Crippen LogP contribution in [-0.2, 0) is 11.3 Å². The van der Waals surface area contributed by atoms with E-state index in [0.29, 0.717) is 16.9 Å². The molecule has 1 aromatic carbocycles. The minimum Gasteiger partial charge on any atom is -0.505 e. The molecule has 2 rings (SSSR count). The highest BCUT2D eigenvalue weighted by Crippen LogP contribution is 2.26. The van der Waals surface area contributed by atoms with Crippen molar-refractivity contribution in [2.75, 3.05) is 7.11 Å². The summed E-state index contributed by atoms with van der Waals surface area (Å²) in [5, 5.41) is 9.92. The molecule has 0 spiro atoms. The number of ether oxygens (including phenoxy) is 2. The maximum Gasteiger partial charge on any atom is 0.360 e. The summed E-state index contributed by atoms with van der Waals surface area (Å²) >= 11 is 5.66. The molecule has 0 saturated heterocycles. The highest BCUT2D eigenvalue weighted by molar-refractivity contribution is 6.30. The van der Waals surface area contributed by atoms with Crippen molar-refractivity contribution in [3.63, 3.8) is 0 Å². The smallest absolute Gasteiger partial charge is 0.360 e. The molecule has 5 nitrogen and oxygen atoms in total. The third-order valence-corrected chi connectivity index (χ3v) is 3.36. The molecule has 1 heterocycles. The Labute approximate surface area is 131 Å². The van der Waals surface area contributed by atoms with E-state index in [2.05, 4.69) is 9.72 Å². The van der Waals surface area contributed by atoms with E-state index in [1.807, 2.05) is 0 Å². The first-order valence-electron chi connectivity index (χ1n) is 6.27. The van der Waals surface area contributed by atoms with Crippen LogP contribution in [0.5, 0.6) is 11.5 Å². The Hall–Kier alpha value is -2.34. The Morgan fingerprint density at radius 2 is 2.18 bits per heavy atom. The van der Waals surface area contributed by atoms with Crippen LogP contribution in [0.3, 0.4) is 0 Å². The second kappa shape index (κ2) is 6.62. The van der Waals surface area contributed by atoms with Crippen LogP contribution < -0.4 is 4.74 Å². The van der Waals surface area contributed by atoms with E-state index in [0.717, 1.165) is 0 Å². The van der Waals surface area contributed by atoms with Crippen LogP contribution in [0.1, 0.15) is 21.6 Å². The fourth-order valence-electron chi connectivity index (χ4n) is 1.75. The minimum atomic E-state index is -0.724. The zero-order valence-corrected chi connectivity index (χ0v) is 12.6.